The third-order valence-corrected chi connectivity index (χ3v) is 3.15. The molecule has 0 spiro atoms. The molecule has 0 aliphatic rings. The highest BCUT2D eigenvalue weighted by molar-refractivity contribution is 8.14. The van der Waals surface area contributed by atoms with Gasteiger partial charge in [0.2, 0.25) is 0 Å². The first-order valence-corrected chi connectivity index (χ1v) is 6.50. The number of ether oxygens (including phenoxy) is 1. The van der Waals surface area contributed by atoms with Crippen molar-refractivity contribution >= 4 is 22.8 Å². The third-order valence-electron chi connectivity index (χ3n) is 2.18. The fourth-order valence-corrected chi connectivity index (χ4v) is 2.28. The number of carbonyl (C=O) groups is 2. The minimum Gasteiger partial charge on any atom is -0.461 e. The van der Waals surface area contributed by atoms with Gasteiger partial charge in [-0.25, -0.2) is 0 Å². The van der Waals surface area contributed by atoms with Crippen LogP contribution in [0.4, 0.5) is 0 Å². The van der Waals surface area contributed by atoms with Crippen LogP contribution >= 0.6 is 11.8 Å². The van der Waals surface area contributed by atoms with Gasteiger partial charge in [0, 0.05) is 6.92 Å². The molecule has 1 unspecified atom stereocenters. The highest BCUT2D eigenvalue weighted by Crippen LogP contribution is 2.19. The fraction of sp³-hybridized carbons (Fsp3) is 0.286. The molecule has 0 aliphatic heterocycles. The van der Waals surface area contributed by atoms with Crippen molar-refractivity contribution in [2.24, 2.45) is 0 Å². The standard InChI is InChI=1S/C14H16O3S/c1-3-9-17-14(16)13(18-11(2)15)10-12-7-5-4-6-8-12/h3-8,13H,1,9-10H2,2H3. The van der Waals surface area contributed by atoms with Crippen LogP contribution < -0.4 is 0 Å². The second-order valence-electron chi connectivity index (χ2n) is 3.71. The quantitative estimate of drug-likeness (QED) is 0.585. The van der Waals surface area contributed by atoms with Crippen molar-refractivity contribution in [1.29, 1.82) is 0 Å². The molecule has 0 aliphatic carbocycles. The Morgan fingerprint density at radius 1 is 1.39 bits per heavy atom. The lowest BCUT2D eigenvalue weighted by molar-refractivity contribution is -0.141. The van der Waals surface area contributed by atoms with Gasteiger partial charge >= 0.3 is 5.97 Å². The summed E-state index contributed by atoms with van der Waals surface area (Å²) >= 11 is 1.01. The summed E-state index contributed by atoms with van der Waals surface area (Å²) in [4.78, 5) is 23.0. The van der Waals surface area contributed by atoms with Gasteiger partial charge < -0.3 is 4.74 Å². The summed E-state index contributed by atoms with van der Waals surface area (Å²) in [6.45, 7) is 5.10. The van der Waals surface area contributed by atoms with Crippen molar-refractivity contribution < 1.29 is 14.3 Å². The third kappa shape index (κ3) is 5.19. The summed E-state index contributed by atoms with van der Waals surface area (Å²) < 4.78 is 5.00. The zero-order valence-corrected chi connectivity index (χ0v) is 11.1. The Bertz CT molecular complexity index is 414. The van der Waals surface area contributed by atoms with Gasteiger partial charge in [-0.1, -0.05) is 54.7 Å². The van der Waals surface area contributed by atoms with Crippen molar-refractivity contribution in [3.8, 4) is 0 Å². The summed E-state index contributed by atoms with van der Waals surface area (Å²) in [5, 5.41) is -0.587. The molecule has 0 fully saturated rings. The van der Waals surface area contributed by atoms with Gasteiger partial charge in [0.05, 0.1) is 0 Å². The fourth-order valence-electron chi connectivity index (χ4n) is 1.44. The topological polar surface area (TPSA) is 43.4 Å². The maximum absolute atomic E-state index is 11.8. The van der Waals surface area contributed by atoms with Crippen LogP contribution in [0.15, 0.2) is 43.0 Å². The number of carbonyl (C=O) groups excluding carboxylic acids is 2. The number of benzene rings is 1. The van der Waals surface area contributed by atoms with E-state index in [0.29, 0.717) is 6.42 Å². The van der Waals surface area contributed by atoms with E-state index in [1.165, 1.54) is 13.0 Å². The average molecular weight is 264 g/mol. The summed E-state index contributed by atoms with van der Waals surface area (Å²) in [7, 11) is 0. The molecule has 3 nitrogen and oxygen atoms in total. The van der Waals surface area contributed by atoms with E-state index in [1.807, 2.05) is 30.3 Å². The molecular formula is C14H16O3S. The Hall–Kier alpha value is -1.55. The van der Waals surface area contributed by atoms with Crippen LogP contribution in [0.2, 0.25) is 0 Å². The van der Waals surface area contributed by atoms with Crippen molar-refractivity contribution in [2.75, 3.05) is 6.61 Å². The molecule has 0 N–H and O–H groups in total. The van der Waals surface area contributed by atoms with Gasteiger partial charge in [-0.05, 0) is 12.0 Å². The summed E-state index contributed by atoms with van der Waals surface area (Å²) in [6.07, 6.45) is 2.00. The van der Waals surface area contributed by atoms with Gasteiger partial charge in [-0.15, -0.1) is 0 Å². The maximum atomic E-state index is 11.8. The predicted octanol–water partition coefficient (Wildman–Crippen LogP) is 2.61. The molecule has 0 amide bonds. The Morgan fingerprint density at radius 3 is 2.61 bits per heavy atom. The number of hydrogen-bond donors (Lipinski definition) is 0. The van der Waals surface area contributed by atoms with Crippen LogP contribution in [0.25, 0.3) is 0 Å². The second-order valence-corrected chi connectivity index (χ2v) is 5.09. The molecule has 0 saturated heterocycles. The van der Waals surface area contributed by atoms with Crippen LogP contribution in [-0.2, 0) is 20.7 Å². The van der Waals surface area contributed by atoms with E-state index in [4.69, 9.17) is 4.74 Å². The first kappa shape index (κ1) is 14.5. The Balaban J connectivity index is 2.68. The zero-order valence-electron chi connectivity index (χ0n) is 10.3. The molecule has 18 heavy (non-hydrogen) atoms. The molecule has 1 aromatic rings. The normalized spacial score (nSPS) is 11.6. The Kier molecular flexibility index (Phi) is 6.22. The first-order valence-electron chi connectivity index (χ1n) is 5.62. The van der Waals surface area contributed by atoms with Gasteiger partial charge in [-0.2, -0.15) is 0 Å². The summed E-state index contributed by atoms with van der Waals surface area (Å²) in [6, 6.07) is 9.56. The monoisotopic (exact) mass is 264 g/mol. The van der Waals surface area contributed by atoms with E-state index in [2.05, 4.69) is 6.58 Å². The largest absolute Gasteiger partial charge is 0.461 e. The molecule has 1 rings (SSSR count). The molecule has 0 heterocycles. The smallest absolute Gasteiger partial charge is 0.320 e. The van der Waals surface area contributed by atoms with Crippen LogP contribution in [0.5, 0.6) is 0 Å². The molecule has 0 radical (unpaired) electrons. The van der Waals surface area contributed by atoms with E-state index in [9.17, 15) is 9.59 Å². The van der Waals surface area contributed by atoms with Gasteiger partial charge in [0.25, 0.3) is 0 Å². The van der Waals surface area contributed by atoms with Crippen molar-refractivity contribution in [2.45, 2.75) is 18.6 Å². The minimum absolute atomic E-state index is 0.0912. The van der Waals surface area contributed by atoms with Crippen molar-refractivity contribution in [1.82, 2.24) is 0 Å². The first-order chi connectivity index (χ1) is 8.63. The van der Waals surface area contributed by atoms with E-state index < -0.39 is 5.25 Å². The molecule has 96 valence electrons. The molecular weight excluding hydrogens is 248 g/mol. The van der Waals surface area contributed by atoms with E-state index in [0.717, 1.165) is 17.3 Å². The van der Waals surface area contributed by atoms with Crippen LogP contribution in [0, 0.1) is 0 Å². The Labute approximate surface area is 111 Å². The summed E-state index contributed by atoms with van der Waals surface area (Å²) in [5.41, 5.74) is 1.01. The van der Waals surface area contributed by atoms with Crippen molar-refractivity contribution in [3.05, 3.63) is 48.6 Å². The number of esters is 1. The molecule has 0 saturated carbocycles. The van der Waals surface area contributed by atoms with E-state index in [1.54, 1.807) is 0 Å². The van der Waals surface area contributed by atoms with Gasteiger partial charge in [0.15, 0.2) is 5.12 Å². The van der Waals surface area contributed by atoms with E-state index >= 15 is 0 Å². The Morgan fingerprint density at radius 2 is 2.06 bits per heavy atom. The number of thioether (sulfide) groups is 1. The SMILES string of the molecule is C=CCOC(=O)C(Cc1ccccc1)SC(C)=O. The molecule has 0 bridgehead atoms. The van der Waals surface area contributed by atoms with E-state index in [-0.39, 0.29) is 17.7 Å². The number of hydrogen-bond acceptors (Lipinski definition) is 4. The maximum Gasteiger partial charge on any atom is 0.320 e. The lowest BCUT2D eigenvalue weighted by atomic mass is 10.1. The zero-order chi connectivity index (χ0) is 13.4. The lowest BCUT2D eigenvalue weighted by Crippen LogP contribution is -2.24. The average Bonchev–Trinajstić information content (AvgIpc) is 2.36. The molecule has 0 aromatic heterocycles. The van der Waals surface area contributed by atoms with Crippen LogP contribution in [0.3, 0.4) is 0 Å². The summed E-state index contributed by atoms with van der Waals surface area (Å²) in [5.74, 6) is -0.376. The van der Waals surface area contributed by atoms with Gasteiger partial charge in [-0.3, -0.25) is 9.59 Å². The van der Waals surface area contributed by atoms with Crippen LogP contribution in [0.1, 0.15) is 12.5 Å². The van der Waals surface area contributed by atoms with Gasteiger partial charge in [0.1, 0.15) is 11.9 Å². The predicted molar refractivity (Wildman–Crippen MR) is 73.4 cm³/mol. The highest BCUT2D eigenvalue weighted by atomic mass is 32.2. The highest BCUT2D eigenvalue weighted by Gasteiger charge is 2.22. The van der Waals surface area contributed by atoms with Crippen LogP contribution in [-0.4, -0.2) is 22.9 Å². The molecule has 1 aromatic carbocycles. The second kappa shape index (κ2) is 7.71. The van der Waals surface area contributed by atoms with Crippen molar-refractivity contribution in [3.63, 3.8) is 0 Å². The molecule has 4 heteroatoms. The molecule has 1 atom stereocenters. The minimum atomic E-state index is -0.496. The number of rotatable bonds is 6. The lowest BCUT2D eigenvalue weighted by Gasteiger charge is -2.13.